The average molecular weight is 232 g/mol. The molecule has 0 aliphatic carbocycles. The normalized spacial score (nSPS) is 12.2. The molecule has 0 saturated carbocycles. The molecule has 0 fully saturated rings. The molecular formula is C12H22F2Si. The molecular weight excluding hydrogens is 210 g/mol. The van der Waals surface area contributed by atoms with Crippen LogP contribution in [0.15, 0.2) is 17.5 Å². The maximum absolute atomic E-state index is 12.2. The quantitative estimate of drug-likeness (QED) is 0.465. The van der Waals surface area contributed by atoms with Gasteiger partial charge < -0.3 is 0 Å². The number of hydrogen-bond donors (Lipinski definition) is 0. The van der Waals surface area contributed by atoms with Gasteiger partial charge in [-0.05, 0) is 22.3 Å². The van der Waals surface area contributed by atoms with E-state index in [0.29, 0.717) is 16.6 Å². The van der Waals surface area contributed by atoms with Gasteiger partial charge in [0, 0.05) is 0 Å². The van der Waals surface area contributed by atoms with Crippen LogP contribution in [0.25, 0.3) is 0 Å². The highest BCUT2D eigenvalue weighted by Gasteiger charge is 2.40. The molecule has 0 nitrogen and oxygen atoms in total. The maximum atomic E-state index is 12.2. The highest BCUT2D eigenvalue weighted by Crippen LogP contribution is 2.42. The third-order valence-electron chi connectivity index (χ3n) is 3.43. The largest absolute Gasteiger partial charge is 0.312 e. The van der Waals surface area contributed by atoms with E-state index in [1.807, 2.05) is 0 Å². The summed E-state index contributed by atoms with van der Waals surface area (Å²) in [4.78, 5) is 0. The first-order valence-electron chi connectivity index (χ1n) is 5.54. The van der Waals surface area contributed by atoms with E-state index in [9.17, 15) is 8.78 Å². The van der Waals surface area contributed by atoms with Gasteiger partial charge in [0.25, 0.3) is 0 Å². The number of halogens is 2. The minimum atomic E-state index is -1.83. The average Bonchev–Trinajstić information content (AvgIpc) is 2.02. The maximum Gasteiger partial charge on any atom is 0.312 e. The van der Waals surface area contributed by atoms with Crippen LogP contribution in [-0.2, 0) is 0 Å². The Hall–Kier alpha value is -0.403. The summed E-state index contributed by atoms with van der Waals surface area (Å²) in [7, 11) is -1.83. The zero-order valence-electron chi connectivity index (χ0n) is 10.6. The van der Waals surface area contributed by atoms with Crippen molar-refractivity contribution in [2.24, 2.45) is 0 Å². The van der Waals surface area contributed by atoms with E-state index >= 15 is 0 Å². The van der Waals surface area contributed by atoms with Crippen molar-refractivity contribution in [2.75, 3.05) is 0 Å². The summed E-state index contributed by atoms with van der Waals surface area (Å²) < 4.78 is 24.3. The molecule has 3 heteroatoms. The molecule has 0 bridgehead atoms. The van der Waals surface area contributed by atoms with Crippen LogP contribution >= 0.6 is 0 Å². The zero-order valence-corrected chi connectivity index (χ0v) is 11.6. The summed E-state index contributed by atoms with van der Waals surface area (Å²) in [5.74, 6) is 0. The highest BCUT2D eigenvalue weighted by atomic mass is 28.3. The molecule has 15 heavy (non-hydrogen) atoms. The zero-order chi connectivity index (χ0) is 12.2. The number of hydrogen-bond acceptors (Lipinski definition) is 0. The van der Waals surface area contributed by atoms with Gasteiger partial charge in [-0.3, -0.25) is 0 Å². The van der Waals surface area contributed by atoms with Gasteiger partial charge in [0.05, 0.1) is 8.07 Å². The Labute approximate surface area is 93.1 Å². The molecule has 0 amide bonds. The fraction of sp³-hybridized carbons (Fsp3) is 0.750. The lowest BCUT2D eigenvalue weighted by atomic mass is 10.5. The minimum Gasteiger partial charge on any atom is -0.164 e. The Morgan fingerprint density at radius 2 is 1.27 bits per heavy atom. The topological polar surface area (TPSA) is 0 Å². The van der Waals surface area contributed by atoms with E-state index in [1.54, 1.807) is 5.70 Å². The molecule has 0 radical (unpaired) electrons. The highest BCUT2D eigenvalue weighted by molar-refractivity contribution is 6.87. The molecule has 0 saturated heterocycles. The van der Waals surface area contributed by atoms with Crippen LogP contribution in [0.1, 0.15) is 41.5 Å². The second kappa shape index (κ2) is 5.62. The predicted octanol–water partition coefficient (Wildman–Crippen LogP) is 5.14. The fourth-order valence-corrected chi connectivity index (χ4v) is 8.04. The SMILES string of the molecule is CC(C)[Si](C=C=C(F)F)(C(C)C)C(C)C. The molecule has 0 aromatic carbocycles. The molecule has 0 spiro atoms. The number of rotatable bonds is 4. The molecule has 0 heterocycles. The van der Waals surface area contributed by atoms with Gasteiger partial charge in [0.15, 0.2) is 0 Å². The van der Waals surface area contributed by atoms with Crippen molar-refractivity contribution in [1.82, 2.24) is 0 Å². The van der Waals surface area contributed by atoms with Gasteiger partial charge in [-0.2, -0.15) is 8.78 Å². The summed E-state index contributed by atoms with van der Waals surface area (Å²) in [5.41, 5.74) is 5.25. The van der Waals surface area contributed by atoms with E-state index in [2.05, 4.69) is 47.3 Å². The Bertz CT molecular complexity index is 235. The van der Waals surface area contributed by atoms with Crippen LogP contribution in [0, 0.1) is 0 Å². The van der Waals surface area contributed by atoms with Gasteiger partial charge >= 0.3 is 6.08 Å². The lowest BCUT2D eigenvalue weighted by molar-refractivity contribution is 0.424. The minimum absolute atomic E-state index is 0.462. The predicted molar refractivity (Wildman–Crippen MR) is 64.9 cm³/mol. The van der Waals surface area contributed by atoms with E-state index < -0.39 is 14.2 Å². The van der Waals surface area contributed by atoms with Crippen molar-refractivity contribution < 1.29 is 8.78 Å². The van der Waals surface area contributed by atoms with Crippen molar-refractivity contribution in [3.8, 4) is 0 Å². The standard InChI is InChI=1S/C12H22F2Si/c1-9(2)15(10(3)4,11(5)6)8-7-12(13)14/h8-11H,1-6H3. The first kappa shape index (κ1) is 14.6. The Kier molecular flexibility index (Phi) is 5.47. The summed E-state index contributed by atoms with van der Waals surface area (Å²) in [6.07, 6.45) is -1.70. The third kappa shape index (κ3) is 3.28. The lowest BCUT2D eigenvalue weighted by Gasteiger charge is -2.39. The van der Waals surface area contributed by atoms with Crippen molar-refractivity contribution in [1.29, 1.82) is 0 Å². The van der Waals surface area contributed by atoms with Crippen LogP contribution in [-0.4, -0.2) is 8.07 Å². The molecule has 0 aromatic rings. The van der Waals surface area contributed by atoms with Gasteiger partial charge in [0.2, 0.25) is 0 Å². The summed E-state index contributed by atoms with van der Waals surface area (Å²) >= 11 is 0. The van der Waals surface area contributed by atoms with Gasteiger partial charge in [-0.25, -0.2) is 0 Å². The molecule has 0 aliphatic heterocycles. The van der Waals surface area contributed by atoms with Crippen LogP contribution in [0.2, 0.25) is 16.6 Å². The van der Waals surface area contributed by atoms with Crippen molar-refractivity contribution >= 4 is 8.07 Å². The third-order valence-corrected chi connectivity index (χ3v) is 10.1. The van der Waals surface area contributed by atoms with E-state index in [1.165, 1.54) is 0 Å². The Morgan fingerprint density at radius 1 is 0.933 bits per heavy atom. The van der Waals surface area contributed by atoms with Gasteiger partial charge in [-0.1, -0.05) is 47.3 Å². The Morgan fingerprint density at radius 3 is 1.47 bits per heavy atom. The molecule has 0 rings (SSSR count). The Balaban J connectivity index is 5.44. The summed E-state index contributed by atoms with van der Waals surface area (Å²) in [6, 6.07) is 0. The van der Waals surface area contributed by atoms with Gasteiger partial charge in [0.1, 0.15) is 0 Å². The monoisotopic (exact) mass is 232 g/mol. The molecule has 0 atom stereocenters. The van der Waals surface area contributed by atoms with Gasteiger partial charge in [-0.15, -0.1) is 0 Å². The summed E-state index contributed by atoms with van der Waals surface area (Å²) in [6.45, 7) is 12.8. The van der Waals surface area contributed by atoms with Crippen molar-refractivity contribution in [3.05, 3.63) is 17.5 Å². The van der Waals surface area contributed by atoms with E-state index in [-0.39, 0.29) is 0 Å². The van der Waals surface area contributed by atoms with Crippen molar-refractivity contribution in [3.63, 3.8) is 0 Å². The van der Waals surface area contributed by atoms with E-state index in [4.69, 9.17) is 0 Å². The van der Waals surface area contributed by atoms with Crippen LogP contribution < -0.4 is 0 Å². The smallest absolute Gasteiger partial charge is 0.164 e. The van der Waals surface area contributed by atoms with Crippen LogP contribution in [0.4, 0.5) is 8.78 Å². The lowest BCUT2D eigenvalue weighted by Crippen LogP contribution is -2.42. The molecule has 0 N–H and O–H groups in total. The molecule has 0 aliphatic rings. The fourth-order valence-electron chi connectivity index (χ4n) is 2.68. The second-order valence-corrected chi connectivity index (χ2v) is 10.8. The van der Waals surface area contributed by atoms with E-state index in [0.717, 1.165) is 0 Å². The molecule has 88 valence electrons. The first-order chi connectivity index (χ1) is 6.75. The van der Waals surface area contributed by atoms with Crippen LogP contribution in [0.3, 0.4) is 0 Å². The molecule has 0 aromatic heterocycles. The molecule has 0 unspecified atom stereocenters. The second-order valence-electron chi connectivity index (χ2n) is 5.01. The summed E-state index contributed by atoms with van der Waals surface area (Å²) in [5, 5.41) is 0. The van der Waals surface area contributed by atoms with Crippen LogP contribution in [0.5, 0.6) is 0 Å². The van der Waals surface area contributed by atoms with Crippen molar-refractivity contribution in [2.45, 2.75) is 58.2 Å². The first-order valence-corrected chi connectivity index (χ1v) is 7.84.